The van der Waals surface area contributed by atoms with Gasteiger partial charge in [-0.1, -0.05) is 160 Å². The lowest BCUT2D eigenvalue weighted by atomic mass is 10.0. The average Bonchev–Trinajstić information content (AvgIpc) is 3.08. The molecule has 0 aromatic carbocycles. The van der Waals surface area contributed by atoms with Crippen LogP contribution in [-0.4, -0.2) is 80.6 Å². The van der Waals surface area contributed by atoms with Crippen molar-refractivity contribution in [3.05, 3.63) is 24.3 Å². The standard InChI is InChI=1S/C43H79NO7/c1-6-8-10-12-14-15-16-17-18-19-20-21-22-23-24-25-26-28-30-32-34-42(46)51-39(37-49-36-35-40(43(47)48)44(3,4)5)38-50-41(45)33-31-29-27-13-11-9-7-2/h9,11,27,29,39-40H,6-8,10,12-26,28,30-38H2,1-5H3/p+1/b11-9+,29-27+. The van der Waals surface area contributed by atoms with Gasteiger partial charge in [-0.3, -0.25) is 9.59 Å². The molecule has 0 bridgehead atoms. The number of hydrogen-bond donors (Lipinski definition) is 1. The molecule has 298 valence electrons. The summed E-state index contributed by atoms with van der Waals surface area (Å²) in [4.78, 5) is 36.7. The Labute approximate surface area is 313 Å². The minimum atomic E-state index is -0.881. The lowest BCUT2D eigenvalue weighted by Gasteiger charge is -2.31. The minimum Gasteiger partial charge on any atom is -0.477 e. The van der Waals surface area contributed by atoms with Gasteiger partial charge in [-0.2, -0.15) is 0 Å². The number of rotatable bonds is 37. The maximum atomic E-state index is 12.7. The number of carbonyl (C=O) groups is 3. The van der Waals surface area contributed by atoms with Crippen LogP contribution in [0.1, 0.15) is 181 Å². The molecular weight excluding hydrogens is 642 g/mol. The summed E-state index contributed by atoms with van der Waals surface area (Å²) < 4.78 is 17.1. The highest BCUT2D eigenvalue weighted by molar-refractivity contribution is 5.72. The summed E-state index contributed by atoms with van der Waals surface area (Å²) in [6.07, 6.45) is 37.0. The van der Waals surface area contributed by atoms with E-state index in [0.29, 0.717) is 19.3 Å². The molecule has 0 rings (SSSR count). The Balaban J connectivity index is 4.20. The van der Waals surface area contributed by atoms with Gasteiger partial charge in [-0.15, -0.1) is 0 Å². The van der Waals surface area contributed by atoms with Gasteiger partial charge in [0.2, 0.25) is 0 Å². The van der Waals surface area contributed by atoms with Gasteiger partial charge in [-0.25, -0.2) is 4.79 Å². The number of ether oxygens (including phenoxy) is 3. The SMILES string of the molecule is CC/C=C/C/C=C/CCC(=O)OCC(COCCC(C(=O)O)[N+](C)(C)C)OC(=O)CCCCCCCCCCCCCCCCCCCCCC. The number of aliphatic carboxylic acids is 1. The smallest absolute Gasteiger partial charge is 0.362 e. The largest absolute Gasteiger partial charge is 0.477 e. The van der Waals surface area contributed by atoms with Crippen LogP contribution >= 0.6 is 0 Å². The topological polar surface area (TPSA) is 99.1 Å². The van der Waals surface area contributed by atoms with Crippen LogP contribution in [-0.2, 0) is 28.6 Å². The van der Waals surface area contributed by atoms with Gasteiger partial charge in [0.15, 0.2) is 12.1 Å². The summed E-state index contributed by atoms with van der Waals surface area (Å²) in [5.74, 6) is -1.55. The van der Waals surface area contributed by atoms with Crippen LogP contribution in [0.15, 0.2) is 24.3 Å². The van der Waals surface area contributed by atoms with Crippen LogP contribution in [0.3, 0.4) is 0 Å². The second kappa shape index (κ2) is 34.9. The second-order valence-electron chi connectivity index (χ2n) is 15.2. The number of likely N-dealkylation sites (N-methyl/N-ethyl adjacent to an activating group) is 1. The molecule has 0 aliphatic rings. The summed E-state index contributed by atoms with van der Waals surface area (Å²) in [7, 11) is 5.50. The van der Waals surface area contributed by atoms with Crippen molar-refractivity contribution in [1.29, 1.82) is 0 Å². The van der Waals surface area contributed by atoms with E-state index in [1.54, 1.807) is 0 Å². The second-order valence-corrected chi connectivity index (χ2v) is 15.2. The Bertz CT molecular complexity index is 895. The quantitative estimate of drug-likeness (QED) is 0.0295. The van der Waals surface area contributed by atoms with Crippen molar-refractivity contribution in [2.45, 2.75) is 193 Å². The predicted molar refractivity (Wildman–Crippen MR) is 211 cm³/mol. The zero-order valence-corrected chi connectivity index (χ0v) is 33.8. The molecule has 0 heterocycles. The number of esters is 2. The molecule has 0 radical (unpaired) electrons. The minimum absolute atomic E-state index is 0.0470. The van der Waals surface area contributed by atoms with E-state index >= 15 is 0 Å². The molecule has 2 unspecified atom stereocenters. The number of unbranched alkanes of at least 4 members (excludes halogenated alkanes) is 19. The average molecular weight is 723 g/mol. The Morgan fingerprint density at radius 2 is 1.10 bits per heavy atom. The third kappa shape index (κ3) is 33.4. The van der Waals surface area contributed by atoms with Gasteiger partial charge in [0, 0.05) is 19.3 Å². The first-order valence-corrected chi connectivity index (χ1v) is 20.9. The van der Waals surface area contributed by atoms with E-state index in [4.69, 9.17) is 14.2 Å². The summed E-state index contributed by atoms with van der Waals surface area (Å²) in [5, 5.41) is 9.57. The summed E-state index contributed by atoms with van der Waals surface area (Å²) >= 11 is 0. The van der Waals surface area contributed by atoms with Crippen molar-refractivity contribution in [3.8, 4) is 0 Å². The number of quaternary nitrogens is 1. The summed E-state index contributed by atoms with van der Waals surface area (Å²) in [5.41, 5.74) is 0. The maximum Gasteiger partial charge on any atom is 0.362 e. The van der Waals surface area contributed by atoms with Crippen LogP contribution in [0.25, 0.3) is 0 Å². The Morgan fingerprint density at radius 1 is 0.608 bits per heavy atom. The first kappa shape index (κ1) is 48.8. The highest BCUT2D eigenvalue weighted by Crippen LogP contribution is 2.16. The number of nitrogens with zero attached hydrogens (tertiary/aromatic N) is 1. The fraction of sp³-hybridized carbons (Fsp3) is 0.837. The molecule has 0 aromatic heterocycles. The predicted octanol–water partition coefficient (Wildman–Crippen LogP) is 10.9. The molecule has 0 fully saturated rings. The fourth-order valence-electron chi connectivity index (χ4n) is 6.15. The van der Waals surface area contributed by atoms with E-state index in [1.165, 1.54) is 109 Å². The van der Waals surface area contributed by atoms with Crippen LogP contribution in [0.5, 0.6) is 0 Å². The number of carboxylic acids is 1. The molecule has 0 aliphatic carbocycles. The van der Waals surface area contributed by atoms with E-state index in [-0.39, 0.29) is 42.7 Å². The lowest BCUT2D eigenvalue weighted by molar-refractivity contribution is -0.887. The first-order chi connectivity index (χ1) is 24.6. The van der Waals surface area contributed by atoms with Gasteiger partial charge in [0.25, 0.3) is 0 Å². The van der Waals surface area contributed by atoms with Crippen LogP contribution in [0.2, 0.25) is 0 Å². The van der Waals surface area contributed by atoms with Crippen molar-refractivity contribution >= 4 is 17.9 Å². The molecule has 8 nitrogen and oxygen atoms in total. The molecular formula is C43H80NO7+. The van der Waals surface area contributed by atoms with Crippen LogP contribution in [0, 0.1) is 0 Å². The molecule has 0 saturated heterocycles. The molecule has 8 heteroatoms. The monoisotopic (exact) mass is 723 g/mol. The zero-order chi connectivity index (χ0) is 37.8. The van der Waals surface area contributed by atoms with Gasteiger partial charge < -0.3 is 23.8 Å². The molecule has 0 amide bonds. The number of hydrogen-bond acceptors (Lipinski definition) is 6. The van der Waals surface area contributed by atoms with Crippen molar-refractivity contribution < 1.29 is 38.2 Å². The first-order valence-electron chi connectivity index (χ1n) is 20.9. The van der Waals surface area contributed by atoms with Crippen molar-refractivity contribution in [2.24, 2.45) is 0 Å². The number of carbonyl (C=O) groups excluding carboxylic acids is 2. The molecule has 0 spiro atoms. The third-order valence-corrected chi connectivity index (χ3v) is 9.38. The fourth-order valence-corrected chi connectivity index (χ4v) is 6.15. The van der Waals surface area contributed by atoms with Crippen molar-refractivity contribution in [2.75, 3.05) is 41.0 Å². The van der Waals surface area contributed by atoms with E-state index in [1.807, 2.05) is 33.3 Å². The van der Waals surface area contributed by atoms with Gasteiger partial charge in [0.1, 0.15) is 6.61 Å². The highest BCUT2D eigenvalue weighted by Gasteiger charge is 2.31. The van der Waals surface area contributed by atoms with Crippen LogP contribution < -0.4 is 0 Å². The highest BCUT2D eigenvalue weighted by atomic mass is 16.6. The zero-order valence-electron chi connectivity index (χ0n) is 33.8. The van der Waals surface area contributed by atoms with Crippen molar-refractivity contribution in [3.63, 3.8) is 0 Å². The molecule has 1 N–H and O–H groups in total. The van der Waals surface area contributed by atoms with E-state index in [0.717, 1.165) is 32.1 Å². The Kier molecular flexibility index (Phi) is 33.4. The van der Waals surface area contributed by atoms with Gasteiger partial charge in [-0.05, 0) is 25.7 Å². The van der Waals surface area contributed by atoms with Crippen molar-refractivity contribution in [1.82, 2.24) is 0 Å². The maximum absolute atomic E-state index is 12.7. The number of carboxylic acid groups (broad SMARTS) is 1. The lowest BCUT2D eigenvalue weighted by Crippen LogP contribution is -2.50. The summed E-state index contributed by atoms with van der Waals surface area (Å²) in [6.45, 7) is 4.54. The van der Waals surface area contributed by atoms with E-state index < -0.39 is 18.1 Å². The molecule has 0 aromatic rings. The van der Waals surface area contributed by atoms with Crippen LogP contribution in [0.4, 0.5) is 0 Å². The van der Waals surface area contributed by atoms with E-state index in [9.17, 15) is 19.5 Å². The van der Waals surface area contributed by atoms with Gasteiger partial charge >= 0.3 is 17.9 Å². The summed E-state index contributed by atoms with van der Waals surface area (Å²) in [6, 6.07) is -0.617. The normalized spacial score (nSPS) is 13.2. The third-order valence-electron chi connectivity index (χ3n) is 9.38. The Hall–Kier alpha value is -2.19. The molecule has 0 saturated carbocycles. The van der Waals surface area contributed by atoms with Gasteiger partial charge in [0.05, 0.1) is 34.4 Å². The molecule has 51 heavy (non-hydrogen) atoms. The molecule has 2 atom stereocenters. The molecule has 0 aliphatic heterocycles. The number of allylic oxidation sites excluding steroid dienone is 4. The Morgan fingerprint density at radius 3 is 1.57 bits per heavy atom. The van der Waals surface area contributed by atoms with E-state index in [2.05, 4.69) is 26.0 Å².